The summed E-state index contributed by atoms with van der Waals surface area (Å²) < 4.78 is 5.04. The fourth-order valence-electron chi connectivity index (χ4n) is 1.06. The van der Waals surface area contributed by atoms with Crippen molar-refractivity contribution < 1.29 is 4.74 Å². The van der Waals surface area contributed by atoms with Crippen LogP contribution in [0, 0.1) is 0 Å². The molecule has 1 rings (SSSR count). The van der Waals surface area contributed by atoms with E-state index >= 15 is 0 Å². The minimum Gasteiger partial charge on any atom is -0.497 e. The molecule has 1 aromatic rings. The lowest BCUT2D eigenvalue weighted by Gasteiger charge is -2.08. The van der Waals surface area contributed by atoms with Crippen molar-refractivity contribution in [3.63, 3.8) is 0 Å². The number of alkyl halides is 1. The summed E-state index contributed by atoms with van der Waals surface area (Å²) in [4.78, 5) is 0. The van der Waals surface area contributed by atoms with Crippen LogP contribution in [0.15, 0.2) is 18.2 Å². The summed E-state index contributed by atoms with van der Waals surface area (Å²) in [6.07, 6.45) is 0.921. The second-order valence-corrected chi connectivity index (χ2v) is 3.60. The number of hydrogen-bond acceptors (Lipinski definition) is 2. The van der Waals surface area contributed by atoms with Gasteiger partial charge in [0.25, 0.3) is 0 Å². The van der Waals surface area contributed by atoms with E-state index in [4.69, 9.17) is 27.9 Å². The number of rotatable bonds is 5. The Morgan fingerprint density at radius 2 is 2.21 bits per heavy atom. The van der Waals surface area contributed by atoms with Gasteiger partial charge in [-0.2, -0.15) is 0 Å². The number of hydrogen-bond donors (Lipinski definition) is 1. The van der Waals surface area contributed by atoms with Gasteiger partial charge in [-0.05, 0) is 18.6 Å². The van der Waals surface area contributed by atoms with Gasteiger partial charge in [0.1, 0.15) is 5.75 Å². The standard InChI is InChI=1S/C10H13Cl2NO/c1-14-8-3-4-10(9(12)7-8)13-6-2-5-11/h3-4,7,13H,2,5-6H2,1H3. The van der Waals surface area contributed by atoms with Crippen molar-refractivity contribution in [1.29, 1.82) is 0 Å². The van der Waals surface area contributed by atoms with Crippen LogP contribution in [0.1, 0.15) is 6.42 Å². The van der Waals surface area contributed by atoms with E-state index in [1.807, 2.05) is 12.1 Å². The second-order valence-electron chi connectivity index (χ2n) is 2.82. The van der Waals surface area contributed by atoms with E-state index in [-0.39, 0.29) is 0 Å². The van der Waals surface area contributed by atoms with Gasteiger partial charge in [-0.25, -0.2) is 0 Å². The van der Waals surface area contributed by atoms with Gasteiger partial charge in [0.15, 0.2) is 0 Å². The predicted molar refractivity (Wildman–Crippen MR) is 61.8 cm³/mol. The van der Waals surface area contributed by atoms with Crippen molar-refractivity contribution in [3.8, 4) is 5.75 Å². The highest BCUT2D eigenvalue weighted by Crippen LogP contribution is 2.26. The zero-order chi connectivity index (χ0) is 10.4. The Kier molecular flexibility index (Phi) is 4.91. The molecule has 0 bridgehead atoms. The molecule has 0 atom stereocenters. The molecule has 0 saturated carbocycles. The molecule has 0 radical (unpaired) electrons. The van der Waals surface area contributed by atoms with Crippen LogP contribution in [0.25, 0.3) is 0 Å². The molecule has 0 aromatic heterocycles. The maximum Gasteiger partial charge on any atom is 0.120 e. The number of ether oxygens (including phenoxy) is 1. The average Bonchev–Trinajstić information content (AvgIpc) is 2.20. The van der Waals surface area contributed by atoms with Crippen molar-refractivity contribution in [2.75, 3.05) is 24.9 Å². The minimum atomic E-state index is 0.654. The molecular weight excluding hydrogens is 221 g/mol. The van der Waals surface area contributed by atoms with Crippen LogP contribution in [-0.2, 0) is 0 Å². The first-order valence-electron chi connectivity index (χ1n) is 4.41. The van der Waals surface area contributed by atoms with Gasteiger partial charge in [-0.1, -0.05) is 11.6 Å². The molecule has 78 valence electrons. The van der Waals surface area contributed by atoms with Crippen LogP contribution < -0.4 is 10.1 Å². The van der Waals surface area contributed by atoms with Gasteiger partial charge in [0.05, 0.1) is 17.8 Å². The summed E-state index contributed by atoms with van der Waals surface area (Å²) in [5, 5.41) is 3.86. The molecule has 0 heterocycles. The van der Waals surface area contributed by atoms with Crippen LogP contribution >= 0.6 is 23.2 Å². The second kappa shape index (κ2) is 5.99. The Morgan fingerprint density at radius 3 is 2.79 bits per heavy atom. The summed E-state index contributed by atoms with van der Waals surface area (Å²) in [6, 6.07) is 5.55. The molecule has 0 aliphatic rings. The monoisotopic (exact) mass is 233 g/mol. The van der Waals surface area contributed by atoms with Crippen LogP contribution in [0.5, 0.6) is 5.75 Å². The molecule has 4 heteroatoms. The molecule has 1 N–H and O–H groups in total. The van der Waals surface area contributed by atoms with E-state index in [0.717, 1.165) is 24.4 Å². The Bertz CT molecular complexity index is 291. The third kappa shape index (κ3) is 3.28. The first kappa shape index (κ1) is 11.5. The third-order valence-electron chi connectivity index (χ3n) is 1.80. The van der Waals surface area contributed by atoms with Crippen LogP contribution in [-0.4, -0.2) is 19.5 Å². The fourth-order valence-corrected chi connectivity index (χ4v) is 1.43. The molecule has 0 spiro atoms. The zero-order valence-corrected chi connectivity index (χ0v) is 9.53. The lowest BCUT2D eigenvalue weighted by Crippen LogP contribution is -2.02. The quantitative estimate of drug-likeness (QED) is 0.622. The summed E-state index contributed by atoms with van der Waals surface area (Å²) in [5.41, 5.74) is 0.914. The summed E-state index contributed by atoms with van der Waals surface area (Å²) in [6.45, 7) is 0.829. The van der Waals surface area contributed by atoms with Gasteiger partial charge in [-0.15, -0.1) is 11.6 Å². The van der Waals surface area contributed by atoms with Crippen LogP contribution in [0.2, 0.25) is 5.02 Å². The van der Waals surface area contributed by atoms with Crippen molar-refractivity contribution >= 4 is 28.9 Å². The maximum absolute atomic E-state index is 6.01. The fraction of sp³-hybridized carbons (Fsp3) is 0.400. The van der Waals surface area contributed by atoms with Gasteiger partial charge in [0, 0.05) is 18.5 Å². The van der Waals surface area contributed by atoms with Crippen molar-refractivity contribution in [2.45, 2.75) is 6.42 Å². The third-order valence-corrected chi connectivity index (χ3v) is 2.38. The first-order chi connectivity index (χ1) is 6.77. The van der Waals surface area contributed by atoms with Crippen molar-refractivity contribution in [1.82, 2.24) is 0 Å². The lowest BCUT2D eigenvalue weighted by atomic mass is 10.3. The lowest BCUT2D eigenvalue weighted by molar-refractivity contribution is 0.415. The highest BCUT2D eigenvalue weighted by molar-refractivity contribution is 6.33. The van der Waals surface area contributed by atoms with Crippen molar-refractivity contribution in [3.05, 3.63) is 23.2 Å². The topological polar surface area (TPSA) is 21.3 Å². The first-order valence-corrected chi connectivity index (χ1v) is 5.32. The van der Waals surface area contributed by atoms with Crippen LogP contribution in [0.3, 0.4) is 0 Å². The minimum absolute atomic E-state index is 0.654. The molecule has 0 fully saturated rings. The SMILES string of the molecule is COc1ccc(NCCCCl)c(Cl)c1. The van der Waals surface area contributed by atoms with E-state index < -0.39 is 0 Å². The molecule has 14 heavy (non-hydrogen) atoms. The Morgan fingerprint density at radius 1 is 1.43 bits per heavy atom. The number of methoxy groups -OCH3 is 1. The number of halogens is 2. The van der Waals surface area contributed by atoms with Gasteiger partial charge in [0.2, 0.25) is 0 Å². The largest absolute Gasteiger partial charge is 0.497 e. The molecular formula is C10H13Cl2NO. The van der Waals surface area contributed by atoms with Crippen LogP contribution in [0.4, 0.5) is 5.69 Å². The summed E-state index contributed by atoms with van der Waals surface area (Å²) >= 11 is 11.6. The molecule has 0 aliphatic heterocycles. The van der Waals surface area contributed by atoms with Gasteiger partial charge >= 0.3 is 0 Å². The van der Waals surface area contributed by atoms with E-state index in [2.05, 4.69) is 5.32 Å². The Labute approximate surface area is 94.2 Å². The zero-order valence-electron chi connectivity index (χ0n) is 8.02. The van der Waals surface area contributed by atoms with E-state index in [1.54, 1.807) is 13.2 Å². The molecule has 0 unspecified atom stereocenters. The smallest absolute Gasteiger partial charge is 0.120 e. The molecule has 0 amide bonds. The number of benzene rings is 1. The maximum atomic E-state index is 6.01. The summed E-state index contributed by atoms with van der Waals surface area (Å²) in [5.74, 6) is 1.42. The highest BCUT2D eigenvalue weighted by Gasteiger charge is 2.00. The van der Waals surface area contributed by atoms with E-state index in [1.165, 1.54) is 0 Å². The molecule has 2 nitrogen and oxygen atoms in total. The van der Waals surface area contributed by atoms with Gasteiger partial charge in [-0.3, -0.25) is 0 Å². The van der Waals surface area contributed by atoms with Gasteiger partial charge < -0.3 is 10.1 Å². The molecule has 0 aliphatic carbocycles. The molecule has 1 aromatic carbocycles. The average molecular weight is 234 g/mol. The predicted octanol–water partition coefficient (Wildman–Crippen LogP) is 3.39. The normalized spacial score (nSPS) is 9.93. The Balaban J connectivity index is 2.59. The number of anilines is 1. The van der Waals surface area contributed by atoms with E-state index in [9.17, 15) is 0 Å². The molecule has 0 saturated heterocycles. The van der Waals surface area contributed by atoms with E-state index in [0.29, 0.717) is 10.9 Å². The number of nitrogens with one attached hydrogen (secondary N) is 1. The highest BCUT2D eigenvalue weighted by atomic mass is 35.5. The summed E-state index contributed by atoms with van der Waals surface area (Å²) in [7, 11) is 1.62. The Hall–Kier alpha value is -0.600. The van der Waals surface area contributed by atoms with Crippen molar-refractivity contribution in [2.24, 2.45) is 0 Å².